The first-order valence-electron chi connectivity index (χ1n) is 12.5. The Hall–Kier alpha value is -3.46. The maximum atomic E-state index is 13.1. The summed E-state index contributed by atoms with van der Waals surface area (Å²) in [6.45, 7) is 1.58. The van der Waals surface area contributed by atoms with Crippen molar-refractivity contribution >= 4 is 22.6 Å². The number of nitrogens with one attached hydrogen (secondary N) is 2. The number of carbonyl (C=O) groups excluding carboxylic acids is 1. The molecule has 184 valence electrons. The van der Waals surface area contributed by atoms with E-state index in [2.05, 4.69) is 15.2 Å². The van der Waals surface area contributed by atoms with Crippen LogP contribution in [0.1, 0.15) is 61.3 Å². The van der Waals surface area contributed by atoms with Crippen molar-refractivity contribution in [3.63, 3.8) is 0 Å². The Morgan fingerprint density at radius 2 is 1.69 bits per heavy atom. The predicted octanol–water partition coefficient (Wildman–Crippen LogP) is 4.21. The van der Waals surface area contributed by atoms with Gasteiger partial charge in [0.25, 0.3) is 11.6 Å². The van der Waals surface area contributed by atoms with Crippen molar-refractivity contribution in [3.05, 3.63) is 74.7 Å². The van der Waals surface area contributed by atoms with Crippen LogP contribution in [0, 0.1) is 16.0 Å². The number of aromatic nitrogens is 2. The molecule has 2 N–H and O–H groups in total. The Kier molecular flexibility index (Phi) is 6.68. The van der Waals surface area contributed by atoms with Crippen LogP contribution in [0.5, 0.6) is 0 Å². The summed E-state index contributed by atoms with van der Waals surface area (Å²) < 4.78 is 1.89. The number of likely N-dealkylation sites (tertiary alicyclic amines) is 1. The van der Waals surface area contributed by atoms with Crippen LogP contribution in [-0.2, 0) is 0 Å². The lowest BCUT2D eigenvalue weighted by Crippen LogP contribution is -2.55. The minimum Gasteiger partial charge on any atom is -0.336 e. The molecule has 2 fully saturated rings. The average Bonchev–Trinajstić information content (AvgIpc) is 3.23. The number of nitro benzene ring substituents is 1. The van der Waals surface area contributed by atoms with E-state index in [0.29, 0.717) is 11.5 Å². The van der Waals surface area contributed by atoms with Gasteiger partial charge in [-0.05, 0) is 55.9 Å². The summed E-state index contributed by atoms with van der Waals surface area (Å²) in [6, 6.07) is 13.7. The number of carbonyl (C=O) groups is 1. The third-order valence-corrected chi connectivity index (χ3v) is 7.60. The van der Waals surface area contributed by atoms with E-state index in [4.69, 9.17) is 0 Å². The van der Waals surface area contributed by atoms with Gasteiger partial charge in [-0.25, -0.2) is 4.79 Å². The van der Waals surface area contributed by atoms with Crippen LogP contribution < -0.4 is 11.0 Å². The van der Waals surface area contributed by atoms with Gasteiger partial charge in [0.1, 0.15) is 0 Å². The summed E-state index contributed by atoms with van der Waals surface area (Å²) in [7, 11) is 0. The molecule has 1 aliphatic heterocycles. The molecular weight excluding hydrogens is 446 g/mol. The molecule has 3 aromatic rings. The van der Waals surface area contributed by atoms with Crippen molar-refractivity contribution in [1.29, 1.82) is 0 Å². The maximum absolute atomic E-state index is 13.1. The van der Waals surface area contributed by atoms with Crippen molar-refractivity contribution < 1.29 is 9.72 Å². The van der Waals surface area contributed by atoms with Gasteiger partial charge >= 0.3 is 5.69 Å². The number of rotatable bonds is 6. The number of nitro groups is 1. The fourth-order valence-corrected chi connectivity index (χ4v) is 5.77. The summed E-state index contributed by atoms with van der Waals surface area (Å²) in [4.78, 5) is 41.6. The summed E-state index contributed by atoms with van der Waals surface area (Å²) in [6.07, 6.45) is 7.28. The van der Waals surface area contributed by atoms with E-state index in [0.717, 1.165) is 62.6 Å². The molecule has 9 heteroatoms. The number of nitrogens with zero attached hydrogens (tertiary/aromatic N) is 3. The minimum atomic E-state index is -0.463. The molecule has 1 aromatic heterocycles. The Balaban J connectivity index is 1.31. The van der Waals surface area contributed by atoms with Crippen LogP contribution in [0.4, 0.5) is 5.69 Å². The largest absolute Gasteiger partial charge is 0.336 e. The zero-order valence-electron chi connectivity index (χ0n) is 19.7. The molecule has 2 heterocycles. The number of imidazole rings is 1. The third kappa shape index (κ3) is 4.86. The van der Waals surface area contributed by atoms with Gasteiger partial charge in [0, 0.05) is 36.8 Å². The van der Waals surface area contributed by atoms with Crippen molar-refractivity contribution in [3.8, 4) is 0 Å². The molecule has 2 aliphatic rings. The highest BCUT2D eigenvalue weighted by Crippen LogP contribution is 2.32. The first-order chi connectivity index (χ1) is 17.0. The first-order valence-corrected chi connectivity index (χ1v) is 12.5. The van der Waals surface area contributed by atoms with Crippen LogP contribution in [0.25, 0.3) is 11.0 Å². The van der Waals surface area contributed by atoms with E-state index in [1.807, 2.05) is 28.8 Å². The van der Waals surface area contributed by atoms with Gasteiger partial charge in [-0.1, -0.05) is 31.4 Å². The average molecular weight is 478 g/mol. The number of aromatic amines is 1. The molecule has 0 bridgehead atoms. The summed E-state index contributed by atoms with van der Waals surface area (Å²) in [5, 5.41) is 14.2. The Bertz CT molecular complexity index is 1250. The second-order valence-electron chi connectivity index (χ2n) is 9.70. The lowest BCUT2D eigenvalue weighted by Gasteiger charge is -2.42. The van der Waals surface area contributed by atoms with Crippen LogP contribution in [0.2, 0.25) is 0 Å². The molecule has 1 saturated heterocycles. The number of para-hydroxylation sites is 2. The molecule has 1 unspecified atom stereocenters. The molecule has 1 atom stereocenters. The van der Waals surface area contributed by atoms with E-state index in [1.54, 1.807) is 0 Å². The first kappa shape index (κ1) is 23.3. The Labute approximate surface area is 203 Å². The number of hydrogen-bond acceptors (Lipinski definition) is 5. The summed E-state index contributed by atoms with van der Waals surface area (Å²) >= 11 is 0. The van der Waals surface area contributed by atoms with E-state index >= 15 is 0 Å². The van der Waals surface area contributed by atoms with E-state index in [-0.39, 0.29) is 29.5 Å². The number of piperidine rings is 1. The van der Waals surface area contributed by atoms with Gasteiger partial charge in [0.2, 0.25) is 0 Å². The molecule has 9 nitrogen and oxygen atoms in total. The molecule has 1 aliphatic carbocycles. The zero-order chi connectivity index (χ0) is 24.4. The highest BCUT2D eigenvalue weighted by atomic mass is 16.6. The van der Waals surface area contributed by atoms with Gasteiger partial charge in [-0.15, -0.1) is 0 Å². The number of non-ortho nitro benzene ring substituents is 1. The van der Waals surface area contributed by atoms with Gasteiger partial charge in [0.15, 0.2) is 0 Å². The van der Waals surface area contributed by atoms with Gasteiger partial charge in [-0.2, -0.15) is 0 Å². The van der Waals surface area contributed by atoms with E-state index in [1.165, 1.54) is 30.7 Å². The van der Waals surface area contributed by atoms with Crippen molar-refractivity contribution in [2.75, 3.05) is 13.1 Å². The SMILES string of the molecule is O=C(NC(C1CCCCC1)N1CCC(n2c(=O)[nH]c3ccccc32)CC1)c1ccc([N+](=O)[O-])cc1. The number of hydrogen-bond donors (Lipinski definition) is 2. The lowest BCUT2D eigenvalue weighted by atomic mass is 9.85. The van der Waals surface area contributed by atoms with Crippen LogP contribution in [0.15, 0.2) is 53.3 Å². The van der Waals surface area contributed by atoms with Crippen molar-refractivity contribution in [2.24, 2.45) is 5.92 Å². The second kappa shape index (κ2) is 10.0. The standard InChI is InChI=1S/C26H31N5O4/c32-25(19-10-12-21(13-11-19)31(34)35)28-24(18-6-2-1-3-7-18)29-16-14-20(15-17-29)30-23-9-5-4-8-22(23)27-26(30)33/h4-5,8-13,18,20,24H,1-3,6-7,14-17H2,(H,27,33)(H,28,32). The molecule has 1 saturated carbocycles. The fourth-order valence-electron chi connectivity index (χ4n) is 5.77. The number of benzene rings is 2. The molecule has 0 spiro atoms. The molecule has 0 radical (unpaired) electrons. The molecule has 2 aromatic carbocycles. The van der Waals surface area contributed by atoms with Gasteiger partial charge < -0.3 is 10.3 Å². The highest BCUT2D eigenvalue weighted by molar-refractivity contribution is 5.94. The molecule has 35 heavy (non-hydrogen) atoms. The second-order valence-corrected chi connectivity index (χ2v) is 9.70. The maximum Gasteiger partial charge on any atom is 0.326 e. The fraction of sp³-hybridized carbons (Fsp3) is 0.462. The van der Waals surface area contributed by atoms with Crippen LogP contribution >= 0.6 is 0 Å². The minimum absolute atomic E-state index is 0.0278. The predicted molar refractivity (Wildman–Crippen MR) is 133 cm³/mol. The molecular formula is C26H31N5O4. The summed E-state index contributed by atoms with van der Waals surface area (Å²) in [5.41, 5.74) is 2.12. The van der Waals surface area contributed by atoms with Crippen LogP contribution in [0.3, 0.4) is 0 Å². The molecule has 5 rings (SSSR count). The lowest BCUT2D eigenvalue weighted by molar-refractivity contribution is -0.384. The quantitative estimate of drug-likeness (QED) is 0.408. The van der Waals surface area contributed by atoms with Gasteiger partial charge in [-0.3, -0.25) is 24.4 Å². The van der Waals surface area contributed by atoms with E-state index in [9.17, 15) is 19.7 Å². The Morgan fingerprint density at radius 3 is 2.37 bits per heavy atom. The number of amides is 1. The topological polar surface area (TPSA) is 113 Å². The molecule has 1 amide bonds. The smallest absolute Gasteiger partial charge is 0.326 e. The summed E-state index contributed by atoms with van der Waals surface area (Å²) in [5.74, 6) is 0.170. The van der Waals surface area contributed by atoms with Crippen molar-refractivity contribution in [2.45, 2.75) is 57.2 Å². The normalized spacial score (nSPS) is 19.0. The number of H-pyrrole nitrogens is 1. The highest BCUT2D eigenvalue weighted by Gasteiger charge is 2.34. The van der Waals surface area contributed by atoms with Crippen LogP contribution in [-0.4, -0.2) is 44.5 Å². The zero-order valence-corrected chi connectivity index (χ0v) is 19.7. The Morgan fingerprint density at radius 1 is 1.00 bits per heavy atom. The van der Waals surface area contributed by atoms with Gasteiger partial charge in [0.05, 0.1) is 22.1 Å². The number of fused-ring (bicyclic) bond motifs is 1. The monoisotopic (exact) mass is 477 g/mol. The van der Waals surface area contributed by atoms with Crippen molar-refractivity contribution in [1.82, 2.24) is 19.8 Å². The third-order valence-electron chi connectivity index (χ3n) is 7.60. The van der Waals surface area contributed by atoms with E-state index < -0.39 is 4.92 Å².